The van der Waals surface area contributed by atoms with Gasteiger partial charge in [-0.15, -0.1) is 11.3 Å². The number of methoxy groups -OCH3 is 1. The monoisotopic (exact) mass is 374 g/mol. The molecule has 138 valence electrons. The molecule has 2 aromatic heterocycles. The summed E-state index contributed by atoms with van der Waals surface area (Å²) in [7, 11) is 1.59. The van der Waals surface area contributed by atoms with Crippen molar-refractivity contribution in [1.29, 1.82) is 0 Å². The summed E-state index contributed by atoms with van der Waals surface area (Å²) in [6, 6.07) is 3.70. The number of hydrogen-bond donors (Lipinski definition) is 0. The van der Waals surface area contributed by atoms with E-state index in [1.165, 1.54) is 24.2 Å². The van der Waals surface area contributed by atoms with Crippen molar-refractivity contribution in [2.75, 3.05) is 44.8 Å². The van der Waals surface area contributed by atoms with E-state index in [1.807, 2.05) is 22.4 Å². The van der Waals surface area contributed by atoms with E-state index >= 15 is 0 Å². The van der Waals surface area contributed by atoms with Gasteiger partial charge in [0.2, 0.25) is 5.95 Å². The van der Waals surface area contributed by atoms with Crippen LogP contribution >= 0.6 is 11.3 Å². The van der Waals surface area contributed by atoms with Gasteiger partial charge in [-0.3, -0.25) is 4.79 Å². The van der Waals surface area contributed by atoms with Crippen LogP contribution in [0.1, 0.15) is 34.3 Å². The SMILES string of the molecule is COc1ccsc1C(=O)N1CCOC(c2ccnc(N3CCCC3)n2)C1. The van der Waals surface area contributed by atoms with Gasteiger partial charge in [0.1, 0.15) is 16.7 Å². The molecular formula is C18H22N4O3S. The van der Waals surface area contributed by atoms with Crippen molar-refractivity contribution < 1.29 is 14.3 Å². The molecule has 0 aromatic carbocycles. The Morgan fingerprint density at radius 2 is 2.15 bits per heavy atom. The third kappa shape index (κ3) is 3.39. The number of amides is 1. The highest BCUT2D eigenvalue weighted by atomic mass is 32.1. The predicted molar refractivity (Wildman–Crippen MR) is 98.9 cm³/mol. The highest BCUT2D eigenvalue weighted by Gasteiger charge is 2.29. The minimum atomic E-state index is -0.233. The predicted octanol–water partition coefficient (Wildman–Crippen LogP) is 2.36. The molecule has 2 aliphatic heterocycles. The molecule has 0 bridgehead atoms. The number of thiophene rings is 1. The fourth-order valence-electron chi connectivity index (χ4n) is 3.38. The molecule has 0 radical (unpaired) electrons. The van der Waals surface area contributed by atoms with Crippen LogP contribution in [0.5, 0.6) is 5.75 Å². The number of carbonyl (C=O) groups is 1. The van der Waals surface area contributed by atoms with E-state index in [0.717, 1.165) is 24.7 Å². The minimum Gasteiger partial charge on any atom is -0.495 e. The van der Waals surface area contributed by atoms with Gasteiger partial charge in [0.05, 0.1) is 26.0 Å². The van der Waals surface area contributed by atoms with Crippen molar-refractivity contribution in [2.24, 2.45) is 0 Å². The molecular weight excluding hydrogens is 352 g/mol. The van der Waals surface area contributed by atoms with Gasteiger partial charge in [-0.1, -0.05) is 0 Å². The molecule has 1 atom stereocenters. The first-order chi connectivity index (χ1) is 12.8. The van der Waals surface area contributed by atoms with Gasteiger partial charge in [-0.25, -0.2) is 9.97 Å². The Balaban J connectivity index is 1.50. The van der Waals surface area contributed by atoms with Crippen molar-refractivity contribution in [3.63, 3.8) is 0 Å². The van der Waals surface area contributed by atoms with E-state index in [-0.39, 0.29) is 12.0 Å². The normalized spacial score (nSPS) is 20.4. The lowest BCUT2D eigenvalue weighted by Gasteiger charge is -2.32. The van der Waals surface area contributed by atoms with Crippen LogP contribution in [0.25, 0.3) is 0 Å². The summed E-state index contributed by atoms with van der Waals surface area (Å²) in [5.41, 5.74) is 0.831. The zero-order valence-corrected chi connectivity index (χ0v) is 15.6. The van der Waals surface area contributed by atoms with Gasteiger partial charge in [0.25, 0.3) is 5.91 Å². The first kappa shape index (κ1) is 17.2. The molecule has 1 amide bonds. The molecule has 1 unspecified atom stereocenters. The van der Waals surface area contributed by atoms with E-state index < -0.39 is 0 Å². The number of nitrogens with zero attached hydrogens (tertiary/aromatic N) is 4. The highest BCUT2D eigenvalue weighted by molar-refractivity contribution is 7.12. The second-order valence-corrected chi connectivity index (χ2v) is 7.32. The number of carbonyl (C=O) groups excluding carboxylic acids is 1. The van der Waals surface area contributed by atoms with Gasteiger partial charge in [0.15, 0.2) is 0 Å². The van der Waals surface area contributed by atoms with Crippen LogP contribution in [0.15, 0.2) is 23.7 Å². The second kappa shape index (κ2) is 7.59. The summed E-state index contributed by atoms with van der Waals surface area (Å²) in [6.07, 6.45) is 3.90. The molecule has 0 aliphatic carbocycles. The largest absolute Gasteiger partial charge is 0.495 e. The summed E-state index contributed by atoms with van der Waals surface area (Å²) in [4.78, 5) is 26.6. The average Bonchev–Trinajstić information content (AvgIpc) is 3.39. The molecule has 7 nitrogen and oxygen atoms in total. The van der Waals surface area contributed by atoms with Crippen molar-refractivity contribution in [3.05, 3.63) is 34.3 Å². The number of hydrogen-bond acceptors (Lipinski definition) is 7. The van der Waals surface area contributed by atoms with Crippen molar-refractivity contribution in [1.82, 2.24) is 14.9 Å². The van der Waals surface area contributed by atoms with Crippen molar-refractivity contribution in [3.8, 4) is 5.75 Å². The maximum Gasteiger partial charge on any atom is 0.267 e. The Morgan fingerprint density at radius 3 is 2.96 bits per heavy atom. The quantitative estimate of drug-likeness (QED) is 0.818. The standard InChI is InChI=1S/C18H22N4O3S/c1-24-14-5-11-26-16(14)17(23)22-9-10-25-15(12-22)13-4-6-19-18(20-13)21-7-2-3-8-21/h4-6,11,15H,2-3,7-10,12H2,1H3. The zero-order valence-electron chi connectivity index (χ0n) is 14.8. The molecule has 2 fully saturated rings. The smallest absolute Gasteiger partial charge is 0.267 e. The van der Waals surface area contributed by atoms with Crippen LogP contribution in [0.4, 0.5) is 5.95 Å². The van der Waals surface area contributed by atoms with Crippen molar-refractivity contribution >= 4 is 23.2 Å². The Labute approximate surface area is 156 Å². The Hall–Kier alpha value is -2.19. The maximum absolute atomic E-state index is 12.9. The molecule has 4 heterocycles. The average molecular weight is 374 g/mol. The second-order valence-electron chi connectivity index (χ2n) is 6.40. The maximum atomic E-state index is 12.9. The van der Waals surface area contributed by atoms with E-state index in [1.54, 1.807) is 13.3 Å². The Bertz CT molecular complexity index is 775. The fourth-order valence-corrected chi connectivity index (χ4v) is 4.21. The summed E-state index contributed by atoms with van der Waals surface area (Å²) in [6.45, 7) is 3.54. The highest BCUT2D eigenvalue weighted by Crippen LogP contribution is 2.29. The minimum absolute atomic E-state index is 0.0148. The molecule has 8 heteroatoms. The Morgan fingerprint density at radius 1 is 1.31 bits per heavy atom. The molecule has 0 spiro atoms. The third-order valence-corrected chi connectivity index (χ3v) is 5.66. The molecule has 2 saturated heterocycles. The number of rotatable bonds is 4. The van der Waals surface area contributed by atoms with Crippen LogP contribution in [0.2, 0.25) is 0 Å². The van der Waals surface area contributed by atoms with Crippen LogP contribution in [-0.2, 0) is 4.74 Å². The van der Waals surface area contributed by atoms with E-state index in [4.69, 9.17) is 14.5 Å². The molecule has 2 aromatic rings. The lowest BCUT2D eigenvalue weighted by atomic mass is 10.2. The topological polar surface area (TPSA) is 67.8 Å². The summed E-state index contributed by atoms with van der Waals surface area (Å²) < 4.78 is 11.2. The molecule has 0 saturated carbocycles. The number of anilines is 1. The molecule has 2 aliphatic rings. The molecule has 0 N–H and O–H groups in total. The first-order valence-corrected chi connectivity index (χ1v) is 9.74. The third-order valence-electron chi connectivity index (χ3n) is 4.78. The van der Waals surface area contributed by atoms with Gasteiger partial charge in [0, 0.05) is 25.8 Å². The van der Waals surface area contributed by atoms with E-state index in [2.05, 4.69) is 9.88 Å². The van der Waals surface area contributed by atoms with Crippen LogP contribution < -0.4 is 9.64 Å². The van der Waals surface area contributed by atoms with Crippen LogP contribution in [-0.4, -0.2) is 60.7 Å². The Kier molecular flexibility index (Phi) is 5.03. The van der Waals surface area contributed by atoms with Gasteiger partial charge >= 0.3 is 0 Å². The van der Waals surface area contributed by atoms with Crippen LogP contribution in [0.3, 0.4) is 0 Å². The fraction of sp³-hybridized carbons (Fsp3) is 0.500. The lowest BCUT2D eigenvalue weighted by Crippen LogP contribution is -2.42. The van der Waals surface area contributed by atoms with Crippen LogP contribution in [0, 0.1) is 0 Å². The molecule has 26 heavy (non-hydrogen) atoms. The zero-order chi connectivity index (χ0) is 17.9. The lowest BCUT2D eigenvalue weighted by molar-refractivity contribution is -0.0246. The van der Waals surface area contributed by atoms with E-state index in [0.29, 0.717) is 30.3 Å². The number of ether oxygens (including phenoxy) is 2. The summed E-state index contributed by atoms with van der Waals surface area (Å²) in [5.74, 6) is 1.37. The summed E-state index contributed by atoms with van der Waals surface area (Å²) >= 11 is 1.40. The van der Waals surface area contributed by atoms with E-state index in [9.17, 15) is 4.79 Å². The van der Waals surface area contributed by atoms with Gasteiger partial charge in [-0.05, 0) is 30.4 Å². The van der Waals surface area contributed by atoms with Crippen molar-refractivity contribution in [2.45, 2.75) is 18.9 Å². The summed E-state index contributed by atoms with van der Waals surface area (Å²) in [5, 5.41) is 1.87. The number of aromatic nitrogens is 2. The van der Waals surface area contributed by atoms with Gasteiger partial charge in [-0.2, -0.15) is 0 Å². The number of morpholine rings is 1. The van der Waals surface area contributed by atoms with Gasteiger partial charge < -0.3 is 19.3 Å². The molecule has 4 rings (SSSR count). The first-order valence-electron chi connectivity index (χ1n) is 8.86.